The average Bonchev–Trinajstić information content (AvgIpc) is 3.56. The van der Waals surface area contributed by atoms with E-state index in [2.05, 4.69) is 60.1 Å². The number of imidazole rings is 1. The molecular formula is C38H55N3O4. The Morgan fingerprint density at radius 1 is 1.00 bits per heavy atom. The molecule has 7 atom stereocenters. The van der Waals surface area contributed by atoms with Crippen LogP contribution in [0.25, 0.3) is 16.7 Å². The number of ether oxygens (including phenoxy) is 2. The third-order valence-electron chi connectivity index (χ3n) is 11.2. The standard InChI is InChI=1S/C36H49N3O4.C2H6/c1-22(2)31(38-33(41)43-34(3,4)5)32(40)42-24-16-18-35(6)23(20-24)12-13-25-26-14-15-30(36(26,7)19-17-27(25)35)39-21-37-28-10-8-9-11-29(28)39;1-2/h8-12,15,21-22,24-27,31H,13-14,16-20H2,1-7H3,(H,38,41);1-2H3. The zero-order valence-corrected chi connectivity index (χ0v) is 29.0. The van der Waals surface area contributed by atoms with Gasteiger partial charge in [-0.2, -0.15) is 0 Å². The van der Waals surface area contributed by atoms with Gasteiger partial charge in [-0.15, -0.1) is 0 Å². The summed E-state index contributed by atoms with van der Waals surface area (Å²) in [6.07, 6.45) is 13.6. The molecule has 7 nitrogen and oxygen atoms in total. The van der Waals surface area contributed by atoms with E-state index in [0.29, 0.717) is 17.8 Å². The largest absolute Gasteiger partial charge is 0.461 e. The lowest BCUT2D eigenvalue weighted by molar-refractivity contribution is -0.155. The molecule has 7 unspecified atom stereocenters. The molecule has 246 valence electrons. The van der Waals surface area contributed by atoms with Crippen LogP contribution in [0.15, 0.2) is 48.3 Å². The van der Waals surface area contributed by atoms with Gasteiger partial charge in [0.15, 0.2) is 0 Å². The van der Waals surface area contributed by atoms with E-state index in [9.17, 15) is 9.59 Å². The maximum atomic E-state index is 13.3. The van der Waals surface area contributed by atoms with Crippen molar-refractivity contribution in [2.24, 2.45) is 34.5 Å². The minimum atomic E-state index is -0.736. The Morgan fingerprint density at radius 2 is 1.71 bits per heavy atom. The summed E-state index contributed by atoms with van der Waals surface area (Å²) in [6.45, 7) is 18.2. The minimum absolute atomic E-state index is 0.106. The van der Waals surface area contributed by atoms with Crippen LogP contribution in [0.3, 0.4) is 0 Å². The second kappa shape index (κ2) is 12.6. The number of fused-ring (bicyclic) bond motifs is 6. The molecule has 1 N–H and O–H groups in total. The highest BCUT2D eigenvalue weighted by Crippen LogP contribution is 2.65. The van der Waals surface area contributed by atoms with Crippen LogP contribution in [0.4, 0.5) is 4.79 Å². The first-order valence-corrected chi connectivity index (χ1v) is 17.3. The number of benzene rings is 1. The Kier molecular flexibility index (Phi) is 9.32. The molecule has 6 rings (SSSR count). The highest BCUT2D eigenvalue weighted by molar-refractivity contribution is 5.82. The fourth-order valence-corrected chi connectivity index (χ4v) is 8.97. The molecule has 4 aliphatic rings. The minimum Gasteiger partial charge on any atom is -0.461 e. The number of allylic oxidation sites excluding steroid dienone is 3. The number of carbonyl (C=O) groups excluding carboxylic acids is 2. The van der Waals surface area contributed by atoms with E-state index in [1.165, 1.54) is 29.6 Å². The van der Waals surface area contributed by atoms with Crippen molar-refractivity contribution in [3.05, 3.63) is 48.3 Å². The highest BCUT2D eigenvalue weighted by atomic mass is 16.6. The predicted octanol–water partition coefficient (Wildman–Crippen LogP) is 8.94. The van der Waals surface area contributed by atoms with Crippen molar-refractivity contribution >= 4 is 28.8 Å². The van der Waals surface area contributed by atoms with Crippen molar-refractivity contribution in [3.8, 4) is 0 Å². The monoisotopic (exact) mass is 617 g/mol. The average molecular weight is 618 g/mol. The molecule has 2 aromatic rings. The second-order valence-corrected chi connectivity index (χ2v) is 15.3. The van der Waals surface area contributed by atoms with Gasteiger partial charge in [0.2, 0.25) is 0 Å². The molecule has 2 fully saturated rings. The zero-order chi connectivity index (χ0) is 32.7. The lowest BCUT2D eigenvalue weighted by Gasteiger charge is -2.57. The molecule has 2 saturated carbocycles. The molecule has 1 amide bonds. The van der Waals surface area contributed by atoms with E-state index < -0.39 is 17.7 Å². The van der Waals surface area contributed by atoms with Crippen LogP contribution < -0.4 is 5.32 Å². The number of carbonyl (C=O) groups is 2. The molecule has 1 aromatic heterocycles. The van der Waals surface area contributed by atoms with E-state index in [1.54, 1.807) is 0 Å². The van der Waals surface area contributed by atoms with Crippen molar-refractivity contribution in [2.75, 3.05) is 0 Å². The van der Waals surface area contributed by atoms with Crippen molar-refractivity contribution in [3.63, 3.8) is 0 Å². The highest BCUT2D eigenvalue weighted by Gasteiger charge is 2.57. The van der Waals surface area contributed by atoms with Crippen molar-refractivity contribution < 1.29 is 19.1 Å². The molecular weight excluding hydrogens is 562 g/mol. The first-order chi connectivity index (χ1) is 21.3. The second-order valence-electron chi connectivity index (χ2n) is 15.3. The van der Waals surface area contributed by atoms with E-state index in [-0.39, 0.29) is 28.8 Å². The van der Waals surface area contributed by atoms with Gasteiger partial charge in [0.1, 0.15) is 24.1 Å². The number of para-hydroxylation sites is 2. The molecule has 4 aliphatic carbocycles. The van der Waals surface area contributed by atoms with Gasteiger partial charge in [-0.3, -0.25) is 0 Å². The topological polar surface area (TPSA) is 82.5 Å². The van der Waals surface area contributed by atoms with Gasteiger partial charge in [0.05, 0.1) is 11.0 Å². The van der Waals surface area contributed by atoms with Crippen LogP contribution >= 0.6 is 0 Å². The number of esters is 1. The zero-order valence-electron chi connectivity index (χ0n) is 29.0. The van der Waals surface area contributed by atoms with Gasteiger partial charge < -0.3 is 19.4 Å². The number of amides is 1. The fraction of sp³-hybridized carbons (Fsp3) is 0.658. The van der Waals surface area contributed by atoms with Crippen molar-refractivity contribution in [1.82, 2.24) is 14.9 Å². The van der Waals surface area contributed by atoms with E-state index in [4.69, 9.17) is 14.5 Å². The van der Waals surface area contributed by atoms with Crippen LogP contribution in [0.2, 0.25) is 0 Å². The third kappa shape index (κ3) is 6.20. The Balaban J connectivity index is 0.00000196. The SMILES string of the molecule is CC.CC(C)C(NC(=O)OC(C)(C)C)C(=O)OC1CCC2(C)C(=CCC3C2CCC2(C)C(n4cnc5ccccc54)=CCC32)C1. The number of aromatic nitrogens is 2. The number of hydrogen-bond acceptors (Lipinski definition) is 5. The molecule has 0 radical (unpaired) electrons. The summed E-state index contributed by atoms with van der Waals surface area (Å²) in [5.41, 5.74) is 4.81. The van der Waals surface area contributed by atoms with Crippen LogP contribution in [-0.4, -0.2) is 39.4 Å². The summed E-state index contributed by atoms with van der Waals surface area (Å²) in [5, 5.41) is 2.75. The van der Waals surface area contributed by atoms with Gasteiger partial charge in [0, 0.05) is 17.5 Å². The summed E-state index contributed by atoms with van der Waals surface area (Å²) in [6, 6.07) is 7.71. The molecule has 1 aromatic carbocycles. The van der Waals surface area contributed by atoms with E-state index in [1.807, 2.05) is 54.8 Å². The number of nitrogens with zero attached hydrogens (tertiary/aromatic N) is 2. The Hall–Kier alpha value is -3.09. The molecule has 1 heterocycles. The first kappa shape index (κ1) is 33.3. The number of nitrogens with one attached hydrogen (secondary N) is 1. The summed E-state index contributed by atoms with van der Waals surface area (Å²) in [7, 11) is 0. The van der Waals surface area contributed by atoms with Crippen LogP contribution in [0.5, 0.6) is 0 Å². The smallest absolute Gasteiger partial charge is 0.408 e. The Labute approximate surface area is 270 Å². The van der Waals surface area contributed by atoms with E-state index >= 15 is 0 Å². The van der Waals surface area contributed by atoms with Gasteiger partial charge in [0.25, 0.3) is 0 Å². The lowest BCUT2D eigenvalue weighted by Crippen LogP contribution is -2.51. The first-order valence-electron chi connectivity index (χ1n) is 17.3. The number of hydrogen-bond donors (Lipinski definition) is 1. The maximum absolute atomic E-state index is 13.3. The molecule has 0 aliphatic heterocycles. The Morgan fingerprint density at radius 3 is 2.42 bits per heavy atom. The van der Waals surface area contributed by atoms with E-state index in [0.717, 1.165) is 37.6 Å². The lowest BCUT2D eigenvalue weighted by atomic mass is 9.47. The molecule has 7 heteroatoms. The molecule has 0 bridgehead atoms. The quantitative estimate of drug-likeness (QED) is 0.268. The van der Waals surface area contributed by atoms with Crippen molar-refractivity contribution in [1.29, 1.82) is 0 Å². The number of alkyl carbamates (subject to hydrolysis) is 1. The summed E-state index contributed by atoms with van der Waals surface area (Å²) in [4.78, 5) is 30.4. The molecule has 45 heavy (non-hydrogen) atoms. The van der Waals surface area contributed by atoms with Crippen molar-refractivity contribution in [2.45, 2.75) is 125 Å². The molecule has 0 spiro atoms. The maximum Gasteiger partial charge on any atom is 0.408 e. The normalized spacial score (nSPS) is 31.3. The summed E-state index contributed by atoms with van der Waals surface area (Å²) >= 11 is 0. The van der Waals surface area contributed by atoms with Crippen LogP contribution in [0, 0.1) is 34.5 Å². The fourth-order valence-electron chi connectivity index (χ4n) is 8.97. The van der Waals surface area contributed by atoms with Gasteiger partial charge >= 0.3 is 12.1 Å². The van der Waals surface area contributed by atoms with Gasteiger partial charge in [-0.1, -0.05) is 71.4 Å². The summed E-state index contributed by atoms with van der Waals surface area (Å²) in [5.74, 6) is 1.45. The van der Waals surface area contributed by atoms with Gasteiger partial charge in [-0.25, -0.2) is 14.6 Å². The molecule has 0 saturated heterocycles. The van der Waals surface area contributed by atoms with Gasteiger partial charge in [-0.05, 0) is 101 Å². The number of rotatable bonds is 5. The van der Waals surface area contributed by atoms with Crippen LogP contribution in [0.1, 0.15) is 107 Å². The summed E-state index contributed by atoms with van der Waals surface area (Å²) < 4.78 is 13.8. The Bertz CT molecular complexity index is 1460. The third-order valence-corrected chi connectivity index (χ3v) is 11.2. The predicted molar refractivity (Wildman–Crippen MR) is 180 cm³/mol. The van der Waals surface area contributed by atoms with Crippen LogP contribution in [-0.2, 0) is 14.3 Å².